The summed E-state index contributed by atoms with van der Waals surface area (Å²) in [4.78, 5) is 29.9. The first kappa shape index (κ1) is 21.9. The number of methoxy groups -OCH3 is 2. The molecule has 0 saturated heterocycles. The molecule has 33 heavy (non-hydrogen) atoms. The third-order valence-electron chi connectivity index (χ3n) is 5.34. The molecule has 0 fully saturated rings. The predicted molar refractivity (Wildman–Crippen MR) is 127 cm³/mol. The van der Waals surface area contributed by atoms with E-state index in [-0.39, 0.29) is 5.65 Å². The van der Waals surface area contributed by atoms with Gasteiger partial charge in [0.25, 0.3) is 5.56 Å². The Morgan fingerprint density at radius 3 is 2.48 bits per heavy atom. The molecule has 10 heteroatoms. The summed E-state index contributed by atoms with van der Waals surface area (Å²) < 4.78 is 14.8. The second-order valence-electron chi connectivity index (χ2n) is 7.36. The van der Waals surface area contributed by atoms with Gasteiger partial charge in [-0.3, -0.25) is 18.5 Å². The van der Waals surface area contributed by atoms with Gasteiger partial charge in [0.2, 0.25) is 5.95 Å². The Kier molecular flexibility index (Phi) is 5.99. The second-order valence-corrected chi connectivity index (χ2v) is 7.36. The molecular formula is C23H24N6O4. The van der Waals surface area contributed by atoms with Crippen LogP contribution in [0.2, 0.25) is 0 Å². The van der Waals surface area contributed by atoms with E-state index in [1.54, 1.807) is 44.2 Å². The molecule has 4 aromatic rings. The van der Waals surface area contributed by atoms with Crippen LogP contribution in [-0.2, 0) is 20.6 Å². The number of hydrogen-bond donors (Lipinski definition) is 1. The Morgan fingerprint density at radius 1 is 1.03 bits per heavy atom. The topological polar surface area (TPSA) is 105 Å². The number of hydrogen-bond acceptors (Lipinski definition) is 7. The van der Waals surface area contributed by atoms with Gasteiger partial charge in [-0.15, -0.1) is 0 Å². The third kappa shape index (κ3) is 4.10. The fraction of sp³-hybridized carbons (Fsp3) is 0.217. The molecule has 170 valence electrons. The molecule has 2 heterocycles. The van der Waals surface area contributed by atoms with Crippen LogP contribution in [0, 0.1) is 0 Å². The second kappa shape index (κ2) is 9.03. The molecule has 0 aliphatic carbocycles. The fourth-order valence-corrected chi connectivity index (χ4v) is 3.54. The molecule has 4 rings (SSSR count). The minimum Gasteiger partial charge on any atom is -0.497 e. The Labute approximate surface area is 189 Å². The summed E-state index contributed by atoms with van der Waals surface area (Å²) in [5.74, 6) is 1.59. The molecule has 0 atom stereocenters. The van der Waals surface area contributed by atoms with E-state index in [4.69, 9.17) is 9.47 Å². The van der Waals surface area contributed by atoms with Crippen LogP contribution >= 0.6 is 0 Å². The van der Waals surface area contributed by atoms with Gasteiger partial charge >= 0.3 is 5.69 Å². The summed E-state index contributed by atoms with van der Waals surface area (Å²) in [7, 11) is 6.18. The summed E-state index contributed by atoms with van der Waals surface area (Å²) in [5, 5.41) is 4.30. The quantitative estimate of drug-likeness (QED) is 0.342. The number of nitrogens with zero attached hydrogens (tertiary/aromatic N) is 5. The molecule has 2 aromatic heterocycles. The Morgan fingerprint density at radius 2 is 1.79 bits per heavy atom. The molecule has 0 radical (unpaired) electrons. The van der Waals surface area contributed by atoms with Gasteiger partial charge in [-0.2, -0.15) is 10.1 Å². The predicted octanol–water partition coefficient (Wildman–Crippen LogP) is 1.95. The number of rotatable bonds is 7. The molecule has 1 N–H and O–H groups in total. The highest BCUT2D eigenvalue weighted by molar-refractivity contribution is 5.84. The molecule has 0 saturated carbocycles. The summed E-state index contributed by atoms with van der Waals surface area (Å²) in [6.45, 7) is 0.370. The highest BCUT2D eigenvalue weighted by Crippen LogP contribution is 2.23. The van der Waals surface area contributed by atoms with Crippen LogP contribution in [0.25, 0.3) is 11.2 Å². The zero-order valence-corrected chi connectivity index (χ0v) is 18.8. The van der Waals surface area contributed by atoms with E-state index in [1.165, 1.54) is 11.6 Å². The van der Waals surface area contributed by atoms with Crippen molar-refractivity contribution in [3.05, 3.63) is 80.5 Å². The van der Waals surface area contributed by atoms with E-state index < -0.39 is 11.2 Å². The monoisotopic (exact) mass is 448 g/mol. The number of aryl methyl sites for hydroxylation is 1. The number of benzene rings is 2. The summed E-state index contributed by atoms with van der Waals surface area (Å²) >= 11 is 0. The lowest BCUT2D eigenvalue weighted by atomic mass is 10.2. The molecule has 0 aliphatic heterocycles. The number of ether oxygens (including phenoxy) is 2. The minimum absolute atomic E-state index is 0.277. The van der Waals surface area contributed by atoms with Crippen molar-refractivity contribution in [3.8, 4) is 11.5 Å². The van der Waals surface area contributed by atoms with Gasteiger partial charge in [0, 0.05) is 25.7 Å². The largest absolute Gasteiger partial charge is 0.497 e. The van der Waals surface area contributed by atoms with Crippen molar-refractivity contribution < 1.29 is 9.47 Å². The van der Waals surface area contributed by atoms with E-state index in [9.17, 15) is 9.59 Å². The van der Waals surface area contributed by atoms with Crippen molar-refractivity contribution in [1.29, 1.82) is 0 Å². The lowest BCUT2D eigenvalue weighted by Gasteiger charge is -2.09. The van der Waals surface area contributed by atoms with Crippen molar-refractivity contribution in [1.82, 2.24) is 18.7 Å². The molecule has 2 aromatic carbocycles. The molecule has 0 spiro atoms. The molecule has 0 aliphatic rings. The summed E-state index contributed by atoms with van der Waals surface area (Å²) in [6.07, 6.45) is 1.58. The van der Waals surface area contributed by atoms with Gasteiger partial charge in [0.15, 0.2) is 11.2 Å². The SMILES string of the molecule is COc1ccc(/C=N/Nc2nc3c(c(=O)n(C)c(=O)n3C)n2Cc2ccccc2)c(OC)c1. The average Bonchev–Trinajstić information content (AvgIpc) is 3.20. The van der Waals surface area contributed by atoms with E-state index >= 15 is 0 Å². The number of fused-ring (bicyclic) bond motifs is 1. The van der Waals surface area contributed by atoms with Crippen molar-refractivity contribution in [2.75, 3.05) is 19.6 Å². The lowest BCUT2D eigenvalue weighted by Crippen LogP contribution is -2.37. The van der Waals surface area contributed by atoms with Crippen molar-refractivity contribution >= 4 is 23.3 Å². The number of aromatic nitrogens is 4. The smallest absolute Gasteiger partial charge is 0.332 e. The highest BCUT2D eigenvalue weighted by atomic mass is 16.5. The fourth-order valence-electron chi connectivity index (χ4n) is 3.54. The van der Waals surface area contributed by atoms with Crippen LogP contribution in [0.3, 0.4) is 0 Å². The number of imidazole rings is 1. The maximum absolute atomic E-state index is 13.0. The molecule has 0 bridgehead atoms. The Bertz CT molecular complexity index is 1450. The van der Waals surface area contributed by atoms with Gasteiger partial charge in [-0.25, -0.2) is 10.2 Å². The van der Waals surface area contributed by atoms with Gasteiger partial charge in [-0.1, -0.05) is 30.3 Å². The normalized spacial score (nSPS) is 11.3. The third-order valence-corrected chi connectivity index (χ3v) is 5.34. The first-order chi connectivity index (χ1) is 15.9. The van der Waals surface area contributed by atoms with Crippen molar-refractivity contribution in [3.63, 3.8) is 0 Å². The average molecular weight is 448 g/mol. The van der Waals surface area contributed by atoms with E-state index in [2.05, 4.69) is 15.5 Å². The van der Waals surface area contributed by atoms with Crippen LogP contribution in [-0.4, -0.2) is 39.1 Å². The van der Waals surface area contributed by atoms with Crippen LogP contribution in [0.4, 0.5) is 5.95 Å². The minimum atomic E-state index is -0.449. The zero-order chi connectivity index (χ0) is 23.5. The van der Waals surface area contributed by atoms with E-state index in [0.29, 0.717) is 29.5 Å². The molecular weight excluding hydrogens is 424 g/mol. The molecule has 0 unspecified atom stereocenters. The highest BCUT2D eigenvalue weighted by Gasteiger charge is 2.19. The number of hydrazone groups is 1. The van der Waals surface area contributed by atoms with Gasteiger partial charge < -0.3 is 9.47 Å². The van der Waals surface area contributed by atoms with Crippen LogP contribution in [0.1, 0.15) is 11.1 Å². The standard InChI is InChI=1S/C23H24N6O4/c1-27-20-19(21(30)28(2)23(27)31)29(14-15-8-6-5-7-9-15)22(25-20)26-24-13-16-10-11-17(32-3)12-18(16)33-4/h5-13H,14H2,1-4H3,(H,25,26)/b24-13+. The van der Waals surface area contributed by atoms with Crippen molar-refractivity contribution in [2.45, 2.75) is 6.54 Å². The van der Waals surface area contributed by atoms with E-state index in [0.717, 1.165) is 15.7 Å². The van der Waals surface area contributed by atoms with Crippen molar-refractivity contribution in [2.24, 2.45) is 19.2 Å². The summed E-state index contributed by atoms with van der Waals surface area (Å²) in [5.41, 5.74) is 4.32. The Balaban J connectivity index is 1.79. The maximum Gasteiger partial charge on any atom is 0.332 e. The zero-order valence-electron chi connectivity index (χ0n) is 18.8. The first-order valence-corrected chi connectivity index (χ1v) is 10.2. The molecule has 10 nitrogen and oxygen atoms in total. The van der Waals surface area contributed by atoms with Crippen LogP contribution in [0.15, 0.2) is 63.2 Å². The summed E-state index contributed by atoms with van der Waals surface area (Å²) in [6, 6.07) is 15.0. The first-order valence-electron chi connectivity index (χ1n) is 10.2. The molecule has 0 amide bonds. The van der Waals surface area contributed by atoms with Gasteiger partial charge in [-0.05, 0) is 17.7 Å². The van der Waals surface area contributed by atoms with Crippen LogP contribution < -0.4 is 26.1 Å². The maximum atomic E-state index is 13.0. The number of anilines is 1. The number of nitrogens with one attached hydrogen (secondary N) is 1. The van der Waals surface area contributed by atoms with E-state index in [1.807, 2.05) is 36.4 Å². The van der Waals surface area contributed by atoms with Gasteiger partial charge in [0.1, 0.15) is 11.5 Å². The van der Waals surface area contributed by atoms with Gasteiger partial charge in [0.05, 0.1) is 27.0 Å². The Hall–Kier alpha value is -4.34. The van der Waals surface area contributed by atoms with Crippen LogP contribution in [0.5, 0.6) is 11.5 Å². The lowest BCUT2D eigenvalue weighted by molar-refractivity contribution is 0.394.